The summed E-state index contributed by atoms with van der Waals surface area (Å²) in [6.45, 7) is 4.23. The Bertz CT molecular complexity index is 622. The van der Waals surface area contributed by atoms with Gasteiger partial charge in [-0.3, -0.25) is 0 Å². The van der Waals surface area contributed by atoms with Gasteiger partial charge in [0.05, 0.1) is 0 Å². The number of cyclic esters (lactones) is 1. The number of carbonyl (C=O) groups is 1. The molecule has 1 heterocycles. The quantitative estimate of drug-likeness (QED) is 0.618. The van der Waals surface area contributed by atoms with Crippen LogP contribution >= 0.6 is 0 Å². The zero-order valence-electron chi connectivity index (χ0n) is 11.1. The van der Waals surface area contributed by atoms with E-state index >= 15 is 0 Å². The van der Waals surface area contributed by atoms with Gasteiger partial charge in [0.2, 0.25) is 12.6 Å². The van der Waals surface area contributed by atoms with E-state index in [9.17, 15) is 4.79 Å². The van der Waals surface area contributed by atoms with Crippen LogP contribution in [0.3, 0.4) is 0 Å². The van der Waals surface area contributed by atoms with Gasteiger partial charge in [0.15, 0.2) is 6.10 Å². The van der Waals surface area contributed by atoms with E-state index in [1.807, 2.05) is 60.7 Å². The Morgan fingerprint density at radius 2 is 1.50 bits per heavy atom. The van der Waals surface area contributed by atoms with Crippen molar-refractivity contribution in [2.75, 3.05) is 6.54 Å². The summed E-state index contributed by atoms with van der Waals surface area (Å²) < 4.78 is 7.39. The molecule has 0 amide bonds. The van der Waals surface area contributed by atoms with E-state index < -0.39 is 0 Å². The summed E-state index contributed by atoms with van der Waals surface area (Å²) in [7, 11) is 0. The van der Waals surface area contributed by atoms with Gasteiger partial charge in [0.1, 0.15) is 6.72 Å². The Balaban J connectivity index is 2.03. The van der Waals surface area contributed by atoms with Gasteiger partial charge in [-0.1, -0.05) is 60.7 Å². The third-order valence-electron chi connectivity index (χ3n) is 3.54. The highest BCUT2D eigenvalue weighted by Gasteiger charge is 2.41. The first-order chi connectivity index (χ1) is 9.75. The average Bonchev–Trinajstić information content (AvgIpc) is 2.48. The molecule has 2 aromatic rings. The van der Waals surface area contributed by atoms with E-state index in [1.165, 1.54) is 0 Å². The first kappa shape index (κ1) is 12.6. The second-order valence-electron chi connectivity index (χ2n) is 4.92. The van der Waals surface area contributed by atoms with E-state index in [-0.39, 0.29) is 24.7 Å². The molecule has 0 radical (unpaired) electrons. The maximum atomic E-state index is 11.7. The lowest BCUT2D eigenvalue weighted by Crippen LogP contribution is -2.37. The van der Waals surface area contributed by atoms with Crippen molar-refractivity contribution in [3.05, 3.63) is 71.8 Å². The summed E-state index contributed by atoms with van der Waals surface area (Å²) in [5.41, 5.74) is 2.09. The first-order valence-corrected chi connectivity index (χ1v) is 6.62. The minimum atomic E-state index is -0.322. The molecule has 1 fully saturated rings. The summed E-state index contributed by atoms with van der Waals surface area (Å²) in [6, 6.07) is 19.8. The zero-order valence-corrected chi connectivity index (χ0v) is 11.1. The largest absolute Gasteiger partial charge is 0.445 e. The SMILES string of the molecule is C=[N+]1CC(=O)O[C@H](c2ccccc2)[C@@H]1c1ccccc1. The van der Waals surface area contributed by atoms with E-state index in [0.29, 0.717) is 0 Å². The van der Waals surface area contributed by atoms with Gasteiger partial charge in [-0.05, 0) is 5.56 Å². The summed E-state index contributed by atoms with van der Waals surface area (Å²) in [6.07, 6.45) is -0.322. The van der Waals surface area contributed by atoms with Gasteiger partial charge in [0.25, 0.3) is 0 Å². The lowest BCUT2D eigenvalue weighted by atomic mass is 9.94. The maximum Gasteiger partial charge on any atom is 0.373 e. The second kappa shape index (κ2) is 5.29. The molecule has 3 nitrogen and oxygen atoms in total. The molecule has 0 spiro atoms. The second-order valence-corrected chi connectivity index (χ2v) is 4.92. The van der Waals surface area contributed by atoms with Gasteiger partial charge in [-0.2, -0.15) is 0 Å². The monoisotopic (exact) mass is 266 g/mol. The number of hydrogen-bond donors (Lipinski definition) is 0. The van der Waals surface area contributed by atoms with Crippen LogP contribution in [0.15, 0.2) is 60.7 Å². The molecule has 2 atom stereocenters. The highest BCUT2D eigenvalue weighted by Crippen LogP contribution is 2.37. The number of morpholine rings is 1. The van der Waals surface area contributed by atoms with E-state index in [4.69, 9.17) is 4.74 Å². The minimum Gasteiger partial charge on any atom is -0.445 e. The van der Waals surface area contributed by atoms with Gasteiger partial charge < -0.3 is 4.74 Å². The van der Waals surface area contributed by atoms with Crippen LogP contribution in [0, 0.1) is 0 Å². The number of ether oxygens (including phenoxy) is 1. The van der Waals surface area contributed by atoms with Crippen LogP contribution < -0.4 is 0 Å². The third-order valence-corrected chi connectivity index (χ3v) is 3.54. The van der Waals surface area contributed by atoms with Gasteiger partial charge >= 0.3 is 5.97 Å². The summed E-state index contributed by atoms with van der Waals surface area (Å²) in [5.74, 6) is -0.235. The molecule has 100 valence electrons. The van der Waals surface area contributed by atoms with Crippen molar-refractivity contribution in [2.24, 2.45) is 0 Å². The van der Waals surface area contributed by atoms with Gasteiger partial charge in [0, 0.05) is 5.56 Å². The standard InChI is InChI=1S/C17H16NO2/c1-18-12-15(19)20-17(14-10-6-3-7-11-14)16(18)13-8-4-2-5-9-13/h2-11,16-17H,1,12H2/q+1/t16-,17+/m0/s1. The van der Waals surface area contributed by atoms with Crippen LogP contribution in [0.25, 0.3) is 0 Å². The number of rotatable bonds is 2. The van der Waals surface area contributed by atoms with Crippen molar-refractivity contribution in [3.63, 3.8) is 0 Å². The Morgan fingerprint density at radius 3 is 2.10 bits per heavy atom. The van der Waals surface area contributed by atoms with Crippen LogP contribution in [0.1, 0.15) is 23.3 Å². The van der Waals surface area contributed by atoms with Crippen molar-refractivity contribution >= 4 is 12.7 Å². The van der Waals surface area contributed by atoms with Crippen molar-refractivity contribution in [1.82, 2.24) is 0 Å². The summed E-state index contributed by atoms with van der Waals surface area (Å²) in [4.78, 5) is 11.7. The molecule has 20 heavy (non-hydrogen) atoms. The predicted octanol–water partition coefficient (Wildman–Crippen LogP) is 2.74. The summed E-state index contributed by atoms with van der Waals surface area (Å²) >= 11 is 0. The topological polar surface area (TPSA) is 29.3 Å². The normalized spacial score (nSPS) is 22.4. The Kier molecular flexibility index (Phi) is 3.33. The Hall–Kier alpha value is -2.42. The fourth-order valence-corrected chi connectivity index (χ4v) is 2.63. The molecule has 1 aliphatic rings. The number of hydrogen-bond acceptors (Lipinski definition) is 2. The lowest BCUT2D eigenvalue weighted by Gasteiger charge is -2.29. The number of carbonyl (C=O) groups excluding carboxylic acids is 1. The zero-order chi connectivity index (χ0) is 13.9. The Morgan fingerprint density at radius 1 is 0.950 bits per heavy atom. The average molecular weight is 266 g/mol. The highest BCUT2D eigenvalue weighted by atomic mass is 16.5. The number of esters is 1. The number of benzene rings is 2. The van der Waals surface area contributed by atoms with Crippen molar-refractivity contribution in [1.29, 1.82) is 0 Å². The van der Waals surface area contributed by atoms with Crippen LogP contribution in [0.2, 0.25) is 0 Å². The predicted molar refractivity (Wildman–Crippen MR) is 76.7 cm³/mol. The van der Waals surface area contributed by atoms with Crippen molar-refractivity contribution in [2.45, 2.75) is 12.1 Å². The molecule has 0 saturated carbocycles. The molecule has 3 heteroatoms. The molecule has 1 aliphatic heterocycles. The van der Waals surface area contributed by atoms with Crippen molar-refractivity contribution in [3.8, 4) is 0 Å². The smallest absolute Gasteiger partial charge is 0.373 e. The van der Waals surface area contributed by atoms with Crippen molar-refractivity contribution < 1.29 is 14.1 Å². The van der Waals surface area contributed by atoms with Crippen LogP contribution in [0.4, 0.5) is 0 Å². The number of nitrogens with zero attached hydrogens (tertiary/aromatic N) is 1. The fraction of sp³-hybridized carbons (Fsp3) is 0.176. The molecule has 0 aliphatic carbocycles. The van der Waals surface area contributed by atoms with Crippen LogP contribution in [-0.2, 0) is 9.53 Å². The van der Waals surface area contributed by atoms with Gasteiger partial charge in [-0.25, -0.2) is 9.37 Å². The lowest BCUT2D eigenvalue weighted by molar-refractivity contribution is -0.580. The Labute approximate surface area is 118 Å². The molecular formula is C17H16NO2+. The van der Waals surface area contributed by atoms with Gasteiger partial charge in [-0.15, -0.1) is 0 Å². The van der Waals surface area contributed by atoms with E-state index in [2.05, 4.69) is 6.72 Å². The summed E-state index contributed by atoms with van der Waals surface area (Å²) in [5, 5.41) is 0. The molecule has 1 saturated heterocycles. The maximum absolute atomic E-state index is 11.7. The molecule has 2 aromatic carbocycles. The third kappa shape index (κ3) is 2.35. The molecule has 0 N–H and O–H groups in total. The molecular weight excluding hydrogens is 250 g/mol. The molecule has 0 bridgehead atoms. The molecule has 3 rings (SSSR count). The minimum absolute atomic E-state index is 0.0590. The fourth-order valence-electron chi connectivity index (χ4n) is 2.63. The van der Waals surface area contributed by atoms with Crippen LogP contribution in [-0.4, -0.2) is 23.8 Å². The molecule has 0 unspecified atom stereocenters. The molecule has 0 aromatic heterocycles. The van der Waals surface area contributed by atoms with Crippen LogP contribution in [0.5, 0.6) is 0 Å². The van der Waals surface area contributed by atoms with E-state index in [0.717, 1.165) is 11.1 Å². The first-order valence-electron chi connectivity index (χ1n) is 6.62. The highest BCUT2D eigenvalue weighted by molar-refractivity contribution is 5.71. The van der Waals surface area contributed by atoms with E-state index in [1.54, 1.807) is 4.58 Å².